The average Bonchev–Trinajstić information content (AvgIpc) is 3.35. The van der Waals surface area contributed by atoms with E-state index in [4.69, 9.17) is 0 Å². The van der Waals surface area contributed by atoms with Gasteiger partial charge in [0.15, 0.2) is 0 Å². The summed E-state index contributed by atoms with van der Waals surface area (Å²) in [7, 11) is 0. The van der Waals surface area contributed by atoms with Crippen molar-refractivity contribution in [3.05, 3.63) is 169 Å². The van der Waals surface area contributed by atoms with Gasteiger partial charge in [-0.15, -0.1) is 0 Å². The second-order valence-electron chi connectivity index (χ2n) is 13.8. The molecule has 9 aromatic carbocycles. The molecule has 0 fully saturated rings. The third kappa shape index (κ3) is 3.88. The fraction of sp³-hybridized carbons (Fsp3) is 0.0638. The van der Waals surface area contributed by atoms with E-state index < -0.39 is 0 Å². The first-order valence-corrected chi connectivity index (χ1v) is 16.6. The van der Waals surface area contributed by atoms with E-state index in [1.807, 2.05) is 0 Å². The maximum Gasteiger partial charge on any atom is 0.0159 e. The molecule has 0 aliphatic heterocycles. The minimum Gasteiger partial charge on any atom is -0.0622 e. The van der Waals surface area contributed by atoms with Crippen molar-refractivity contribution in [2.75, 3.05) is 0 Å². The molecule has 0 heterocycles. The molecule has 0 saturated heterocycles. The lowest BCUT2D eigenvalue weighted by atomic mass is 9.81. The van der Waals surface area contributed by atoms with Crippen LogP contribution in [0.25, 0.3) is 87.2 Å². The molecule has 0 bridgehead atoms. The normalized spacial score (nSPS) is 13.5. The third-order valence-corrected chi connectivity index (χ3v) is 10.8. The van der Waals surface area contributed by atoms with Gasteiger partial charge in [-0.25, -0.2) is 0 Å². The topological polar surface area (TPSA) is 0 Å². The molecule has 0 atom stereocenters. The van der Waals surface area contributed by atoms with Crippen LogP contribution < -0.4 is 0 Å². The highest BCUT2D eigenvalue weighted by molar-refractivity contribution is 6.18. The van der Waals surface area contributed by atoms with Crippen LogP contribution in [0.3, 0.4) is 0 Å². The first-order chi connectivity index (χ1) is 23.0. The predicted molar refractivity (Wildman–Crippen MR) is 202 cm³/mol. The Morgan fingerprint density at radius 2 is 0.766 bits per heavy atom. The van der Waals surface area contributed by atoms with Gasteiger partial charge in [0.1, 0.15) is 0 Å². The minimum atomic E-state index is -0.0225. The van der Waals surface area contributed by atoms with Crippen LogP contribution in [0.5, 0.6) is 0 Å². The average molecular weight is 597 g/mol. The Balaban J connectivity index is 1.15. The summed E-state index contributed by atoms with van der Waals surface area (Å²) in [5.74, 6) is 0. The smallest absolute Gasteiger partial charge is 0.0159 e. The first-order valence-electron chi connectivity index (χ1n) is 16.6. The third-order valence-electron chi connectivity index (χ3n) is 10.8. The molecular weight excluding hydrogens is 565 g/mol. The van der Waals surface area contributed by atoms with E-state index >= 15 is 0 Å². The van der Waals surface area contributed by atoms with E-state index in [1.54, 1.807) is 0 Å². The van der Waals surface area contributed by atoms with Crippen LogP contribution >= 0.6 is 0 Å². The molecule has 0 nitrogen and oxygen atoms in total. The molecule has 0 spiro atoms. The first kappa shape index (κ1) is 26.5. The fourth-order valence-electron chi connectivity index (χ4n) is 8.28. The summed E-state index contributed by atoms with van der Waals surface area (Å²) in [5, 5.41) is 12.9. The number of hydrogen-bond donors (Lipinski definition) is 0. The Bertz CT molecular complexity index is 2740. The van der Waals surface area contributed by atoms with Crippen LogP contribution in [0, 0.1) is 0 Å². The van der Waals surface area contributed by atoms with Crippen molar-refractivity contribution < 1.29 is 0 Å². The molecule has 9 aromatic rings. The van der Waals surface area contributed by atoms with Crippen LogP contribution in [0.4, 0.5) is 0 Å². The Kier molecular flexibility index (Phi) is 5.44. The van der Waals surface area contributed by atoms with Gasteiger partial charge in [0.2, 0.25) is 0 Å². The highest BCUT2D eigenvalue weighted by Gasteiger charge is 2.35. The predicted octanol–water partition coefficient (Wildman–Crippen LogP) is 13.1. The van der Waals surface area contributed by atoms with Crippen LogP contribution in [-0.2, 0) is 5.41 Å². The number of hydrogen-bond acceptors (Lipinski definition) is 0. The summed E-state index contributed by atoms with van der Waals surface area (Å²) in [6, 6.07) is 59.0. The number of rotatable bonds is 2. The second-order valence-corrected chi connectivity index (χ2v) is 13.8. The van der Waals surface area contributed by atoms with Crippen molar-refractivity contribution >= 4 is 53.9 Å². The largest absolute Gasteiger partial charge is 0.0622 e. The zero-order valence-corrected chi connectivity index (χ0v) is 26.5. The van der Waals surface area contributed by atoms with Gasteiger partial charge < -0.3 is 0 Å². The van der Waals surface area contributed by atoms with Gasteiger partial charge in [-0.05, 0) is 129 Å². The van der Waals surface area contributed by atoms with Gasteiger partial charge in [0, 0.05) is 5.41 Å². The van der Waals surface area contributed by atoms with Crippen LogP contribution in [0.2, 0.25) is 0 Å². The maximum atomic E-state index is 2.47. The van der Waals surface area contributed by atoms with Gasteiger partial charge in [-0.3, -0.25) is 0 Å². The molecule has 0 heteroatoms. The highest BCUT2D eigenvalue weighted by atomic mass is 14.4. The van der Waals surface area contributed by atoms with Crippen molar-refractivity contribution in [3.63, 3.8) is 0 Å². The van der Waals surface area contributed by atoms with Crippen molar-refractivity contribution in [3.8, 4) is 33.4 Å². The van der Waals surface area contributed by atoms with E-state index in [9.17, 15) is 0 Å². The lowest BCUT2D eigenvalue weighted by Crippen LogP contribution is -2.14. The van der Waals surface area contributed by atoms with Gasteiger partial charge in [0.25, 0.3) is 0 Å². The summed E-state index contributed by atoms with van der Waals surface area (Å²) in [6.45, 7) is 4.73. The SMILES string of the molecule is CC1(C)c2ccccc2-c2cc3ccc4ccc(-c5ccc6ccc7c8cc(-c9ccccc9)ccc8ccc7c6c5)cc4c3cc21. The van der Waals surface area contributed by atoms with Gasteiger partial charge in [-0.2, -0.15) is 0 Å². The molecule has 0 saturated carbocycles. The highest BCUT2D eigenvalue weighted by Crippen LogP contribution is 2.50. The van der Waals surface area contributed by atoms with E-state index in [2.05, 4.69) is 172 Å². The molecule has 0 unspecified atom stereocenters. The molecule has 1 aliphatic rings. The second kappa shape index (κ2) is 9.64. The zero-order chi connectivity index (χ0) is 31.3. The summed E-state index contributed by atoms with van der Waals surface area (Å²) >= 11 is 0. The lowest BCUT2D eigenvalue weighted by molar-refractivity contribution is 0.661. The Morgan fingerprint density at radius 3 is 1.40 bits per heavy atom. The molecule has 0 aromatic heterocycles. The van der Waals surface area contributed by atoms with Gasteiger partial charge in [-0.1, -0.05) is 141 Å². The summed E-state index contributed by atoms with van der Waals surface area (Å²) in [5.41, 5.74) is 10.6. The minimum absolute atomic E-state index is 0.0225. The molecule has 0 amide bonds. The maximum absolute atomic E-state index is 2.47. The van der Waals surface area contributed by atoms with Crippen LogP contribution in [0.15, 0.2) is 158 Å². The summed E-state index contributed by atoms with van der Waals surface area (Å²) in [4.78, 5) is 0. The molecule has 0 radical (unpaired) electrons. The van der Waals surface area contributed by atoms with E-state index in [0.29, 0.717) is 0 Å². The Morgan fingerprint density at radius 1 is 0.298 bits per heavy atom. The Labute approximate surface area is 274 Å². The van der Waals surface area contributed by atoms with E-state index in [-0.39, 0.29) is 5.41 Å². The fourth-order valence-corrected chi connectivity index (χ4v) is 8.28. The van der Waals surface area contributed by atoms with Crippen LogP contribution in [0.1, 0.15) is 25.0 Å². The molecule has 47 heavy (non-hydrogen) atoms. The quantitative estimate of drug-likeness (QED) is 0.174. The molecule has 0 N–H and O–H groups in total. The number of benzene rings is 9. The van der Waals surface area contributed by atoms with Crippen molar-refractivity contribution in [2.24, 2.45) is 0 Å². The molecular formula is C47H32. The number of fused-ring (bicyclic) bond motifs is 11. The Hall–Kier alpha value is -5.72. The lowest BCUT2D eigenvalue weighted by Gasteiger charge is -2.22. The van der Waals surface area contributed by atoms with Crippen LogP contribution in [-0.4, -0.2) is 0 Å². The van der Waals surface area contributed by atoms with Gasteiger partial charge >= 0.3 is 0 Å². The molecule has 10 rings (SSSR count). The van der Waals surface area contributed by atoms with Crippen molar-refractivity contribution in [2.45, 2.75) is 19.3 Å². The standard InChI is InChI=1S/C47H32/c1-47(2)45-11-7-6-10-39(45)44-27-36-19-15-30-13-17-35(26-42(30)43(36)28-46(44)47)34-18-14-32-21-22-37-38(41(32)25-34)23-20-31-12-16-33(24-40(31)37)29-8-4-3-5-9-29/h3-28H,1-2H3. The van der Waals surface area contributed by atoms with E-state index in [0.717, 1.165) is 0 Å². The summed E-state index contributed by atoms with van der Waals surface area (Å²) in [6.07, 6.45) is 0. The monoisotopic (exact) mass is 596 g/mol. The molecule has 1 aliphatic carbocycles. The van der Waals surface area contributed by atoms with Crippen molar-refractivity contribution in [1.29, 1.82) is 0 Å². The zero-order valence-electron chi connectivity index (χ0n) is 26.5. The van der Waals surface area contributed by atoms with E-state index in [1.165, 1.54) is 98.4 Å². The van der Waals surface area contributed by atoms with Crippen molar-refractivity contribution in [1.82, 2.24) is 0 Å². The summed E-state index contributed by atoms with van der Waals surface area (Å²) < 4.78 is 0. The van der Waals surface area contributed by atoms with Gasteiger partial charge in [0.05, 0.1) is 0 Å². The molecule has 220 valence electrons.